The fourth-order valence-corrected chi connectivity index (χ4v) is 14.8. The molecule has 0 saturated carbocycles. The third-order valence-electron chi connectivity index (χ3n) is 17.8. The quantitative estimate of drug-likeness (QED) is 0.159. The van der Waals surface area contributed by atoms with E-state index in [0.717, 1.165) is 23.5 Å². The third-order valence-corrected chi connectivity index (χ3v) is 19.0. The largest absolute Gasteiger partial charge is 0.367 e. The maximum atomic E-state index is 2.78. The van der Waals surface area contributed by atoms with Crippen LogP contribution in [0.4, 0.5) is 34.1 Å². The molecule has 374 valence electrons. The molecule has 14 rings (SSSR count). The number of fused-ring (bicyclic) bond motifs is 12. The van der Waals surface area contributed by atoms with Gasteiger partial charge in [-0.25, -0.2) is 0 Å². The van der Waals surface area contributed by atoms with Crippen molar-refractivity contribution in [3.63, 3.8) is 0 Å². The minimum Gasteiger partial charge on any atom is -0.367 e. The predicted molar refractivity (Wildman–Crippen MR) is 330 cm³/mol. The molecule has 9 aromatic carbocycles. The molecule has 0 saturated heterocycles. The molecule has 11 aromatic rings. The Kier molecular flexibility index (Phi) is 10.1. The summed E-state index contributed by atoms with van der Waals surface area (Å²) in [5, 5.41) is 6.46. The molecule has 3 aliphatic rings. The monoisotopic (exact) mass is 1000 g/mol. The van der Waals surface area contributed by atoms with Crippen LogP contribution in [0.15, 0.2) is 176 Å². The van der Waals surface area contributed by atoms with E-state index in [-0.39, 0.29) is 28.5 Å². The van der Waals surface area contributed by atoms with Crippen LogP contribution in [-0.2, 0) is 21.7 Å². The molecule has 0 unspecified atom stereocenters. The Morgan fingerprint density at radius 1 is 0.526 bits per heavy atom. The lowest BCUT2D eigenvalue weighted by molar-refractivity contribution is 0.332. The van der Waals surface area contributed by atoms with Crippen molar-refractivity contribution < 1.29 is 0 Å². The van der Waals surface area contributed by atoms with Crippen molar-refractivity contribution in [3.05, 3.63) is 204 Å². The van der Waals surface area contributed by atoms with Gasteiger partial charge >= 0.3 is 6.85 Å². The van der Waals surface area contributed by atoms with Gasteiger partial charge in [-0.2, -0.15) is 0 Å². The fraction of sp³-hybridized carbons (Fsp3) is 0.239. The van der Waals surface area contributed by atoms with Crippen molar-refractivity contribution in [1.29, 1.82) is 0 Å². The van der Waals surface area contributed by atoms with Crippen molar-refractivity contribution in [3.8, 4) is 22.3 Å². The highest BCUT2D eigenvalue weighted by Gasteiger charge is 2.46. The first-order chi connectivity index (χ1) is 36.4. The molecule has 0 spiro atoms. The number of hydrogen-bond donors (Lipinski definition) is 0. The van der Waals surface area contributed by atoms with E-state index >= 15 is 0 Å². The van der Waals surface area contributed by atoms with Gasteiger partial charge in [0.15, 0.2) is 0 Å². The van der Waals surface area contributed by atoms with Gasteiger partial charge in [0.2, 0.25) is 0 Å². The number of anilines is 6. The van der Waals surface area contributed by atoms with E-state index in [9.17, 15) is 0 Å². The topological polar surface area (TPSA) is 11.4 Å². The van der Waals surface area contributed by atoms with Crippen molar-refractivity contribution in [2.75, 3.05) is 9.80 Å². The van der Waals surface area contributed by atoms with Gasteiger partial charge in [-0.05, 0) is 163 Å². The second kappa shape index (κ2) is 16.3. The Morgan fingerprint density at radius 3 is 1.79 bits per heavy atom. The molecular formula is C71H66BN3S. The molecule has 0 atom stereocenters. The lowest BCUT2D eigenvalue weighted by Gasteiger charge is -2.45. The van der Waals surface area contributed by atoms with Crippen LogP contribution in [-0.4, -0.2) is 11.3 Å². The second-order valence-electron chi connectivity index (χ2n) is 25.7. The summed E-state index contributed by atoms with van der Waals surface area (Å²) in [6.07, 6.45) is 2.34. The number of thiophene rings is 1. The Labute approximate surface area is 453 Å². The molecule has 0 N–H and O–H groups in total. The Bertz CT molecular complexity index is 4140. The standard InChI is InChI=1S/C71H66BN3S/c1-43-37-57-58(71(10,11)36-35-70(57,8)9)42-61(43)74-60-34-25-45(44-19-13-12-14-20-44)39-59(60)72-64-54(38-46-21-15-16-22-52(46)66(64)74)55-40-51(41-56-63-53-23-17-18-24-62(53)76-67(63)75(72)65(55)56)73(49-30-26-47(27-31-49)68(2,3)4)50-32-28-48(29-33-50)69(5,6)7/h12-34,37-42H,35-36H2,1-11H3. The van der Waals surface area contributed by atoms with Gasteiger partial charge in [-0.3, -0.25) is 0 Å². The molecule has 0 fully saturated rings. The van der Waals surface area contributed by atoms with Gasteiger partial charge in [-0.1, -0.05) is 184 Å². The van der Waals surface area contributed by atoms with E-state index in [1.807, 2.05) is 11.3 Å². The number of hydrogen-bond acceptors (Lipinski definition) is 3. The van der Waals surface area contributed by atoms with E-state index < -0.39 is 0 Å². The van der Waals surface area contributed by atoms with E-state index in [1.54, 1.807) is 0 Å². The van der Waals surface area contributed by atoms with Crippen LogP contribution in [0, 0.1) is 6.92 Å². The molecule has 0 bridgehead atoms. The lowest BCUT2D eigenvalue weighted by Crippen LogP contribution is -2.56. The van der Waals surface area contributed by atoms with Gasteiger partial charge in [0.25, 0.3) is 0 Å². The molecule has 2 aliphatic heterocycles. The first kappa shape index (κ1) is 47.1. The van der Waals surface area contributed by atoms with E-state index in [2.05, 4.69) is 266 Å². The summed E-state index contributed by atoms with van der Waals surface area (Å²) < 4.78 is 4.10. The second-order valence-corrected chi connectivity index (χ2v) is 26.7. The number of benzene rings is 9. The van der Waals surface area contributed by atoms with Gasteiger partial charge in [0.05, 0.1) is 10.5 Å². The van der Waals surface area contributed by atoms with Gasteiger partial charge in [0, 0.05) is 65.8 Å². The summed E-state index contributed by atoms with van der Waals surface area (Å²) in [6.45, 7) is 25.9. The van der Waals surface area contributed by atoms with E-state index in [0.29, 0.717) is 0 Å². The number of nitrogens with zero attached hydrogens (tertiary/aromatic N) is 3. The summed E-state index contributed by atoms with van der Waals surface area (Å²) in [7, 11) is 0. The first-order valence-corrected chi connectivity index (χ1v) is 28.4. The summed E-state index contributed by atoms with van der Waals surface area (Å²) in [5.74, 6) is 0. The SMILES string of the molecule is Cc1cc2c(cc1N1c3ccc(-c4ccccc4)cc3B3c4c(cc5ccccc5c41)-c1cc(N(c4ccc(C(C)(C)C)cc4)c4ccc(C(C)(C)C)cc4)cc4c5c6ccccc6sc5n3c14)C(C)(C)CCC2(C)C. The molecular weight excluding hydrogens is 938 g/mol. The number of aryl methyl sites for hydroxylation is 1. The maximum absolute atomic E-state index is 2.78. The molecule has 4 heterocycles. The van der Waals surface area contributed by atoms with Crippen LogP contribution in [0.5, 0.6) is 0 Å². The molecule has 3 nitrogen and oxygen atoms in total. The van der Waals surface area contributed by atoms with Crippen molar-refractivity contribution in [1.82, 2.24) is 4.48 Å². The highest BCUT2D eigenvalue weighted by atomic mass is 32.1. The zero-order chi connectivity index (χ0) is 52.4. The molecule has 0 amide bonds. The summed E-state index contributed by atoms with van der Waals surface area (Å²) in [5.41, 5.74) is 23.4. The van der Waals surface area contributed by atoms with Crippen LogP contribution < -0.4 is 20.7 Å². The van der Waals surface area contributed by atoms with Gasteiger partial charge in [0.1, 0.15) is 0 Å². The summed E-state index contributed by atoms with van der Waals surface area (Å²) >= 11 is 1.95. The lowest BCUT2D eigenvalue weighted by atomic mass is 9.44. The summed E-state index contributed by atoms with van der Waals surface area (Å²) in [6, 6.07) is 68.1. The zero-order valence-corrected chi connectivity index (χ0v) is 46.8. The van der Waals surface area contributed by atoms with E-state index in [1.165, 1.54) is 126 Å². The molecule has 1 aliphatic carbocycles. The third kappa shape index (κ3) is 7.00. The normalized spacial score (nSPS) is 15.4. The number of aromatic nitrogens is 1. The highest BCUT2D eigenvalue weighted by molar-refractivity contribution is 7.26. The Morgan fingerprint density at radius 2 is 1.13 bits per heavy atom. The predicted octanol–water partition coefficient (Wildman–Crippen LogP) is 19.0. The fourth-order valence-electron chi connectivity index (χ4n) is 13.5. The smallest absolute Gasteiger partial charge is 0.333 e. The Hall–Kier alpha value is -7.34. The number of rotatable bonds is 5. The molecule has 76 heavy (non-hydrogen) atoms. The van der Waals surface area contributed by atoms with Gasteiger partial charge < -0.3 is 14.3 Å². The van der Waals surface area contributed by atoms with E-state index in [4.69, 9.17) is 0 Å². The minimum absolute atomic E-state index is 0.0276. The first-order valence-electron chi connectivity index (χ1n) is 27.6. The molecule has 0 radical (unpaired) electrons. The minimum atomic E-state index is -0.102. The average Bonchev–Trinajstić information content (AvgIpc) is 3.95. The zero-order valence-electron chi connectivity index (χ0n) is 46.0. The van der Waals surface area contributed by atoms with Crippen LogP contribution >= 0.6 is 11.3 Å². The van der Waals surface area contributed by atoms with Crippen LogP contribution in [0.3, 0.4) is 0 Å². The molecule has 2 aromatic heterocycles. The maximum Gasteiger partial charge on any atom is 0.333 e. The van der Waals surface area contributed by atoms with Crippen LogP contribution in [0.25, 0.3) is 64.2 Å². The Balaban J connectivity index is 1.13. The van der Waals surface area contributed by atoms with Crippen molar-refractivity contribution in [2.45, 2.75) is 111 Å². The van der Waals surface area contributed by atoms with Crippen molar-refractivity contribution in [2.24, 2.45) is 0 Å². The van der Waals surface area contributed by atoms with Crippen LogP contribution in [0.1, 0.15) is 110 Å². The van der Waals surface area contributed by atoms with Gasteiger partial charge in [-0.15, -0.1) is 11.3 Å². The molecule has 5 heteroatoms. The average molecular weight is 1000 g/mol. The van der Waals surface area contributed by atoms with Crippen molar-refractivity contribution >= 4 is 105 Å². The van der Waals surface area contributed by atoms with Crippen LogP contribution in [0.2, 0.25) is 0 Å². The summed E-state index contributed by atoms with van der Waals surface area (Å²) in [4.78, 5) is 6.53. The highest BCUT2D eigenvalue weighted by Crippen LogP contribution is 2.55.